The molecule has 2 aromatic rings. The number of thiophene rings is 1. The number of carbonyl (C=O) groups excluding carboxylic acids is 2. The standard InChI is InChI=1S/C21H26FN3O5S2/c1-3-16-13-18(21(27)30-4-2)20(31-16)23-19(26)14-24-9-11-25(12-10-24)32(28,29)17-7-5-15(22)6-8-17/h5-8,13H,3-4,9-12,14H2,1-2H3,(H,23,26). The molecule has 0 aliphatic carbocycles. The van der Waals surface area contributed by atoms with Crippen LogP contribution in [0.5, 0.6) is 0 Å². The highest BCUT2D eigenvalue weighted by Crippen LogP contribution is 2.29. The molecule has 1 aliphatic rings. The van der Waals surface area contributed by atoms with Crippen LogP contribution in [0.4, 0.5) is 9.39 Å². The molecule has 1 amide bonds. The summed E-state index contributed by atoms with van der Waals surface area (Å²) in [6, 6.07) is 6.46. The third kappa shape index (κ3) is 5.71. The molecular weight excluding hydrogens is 457 g/mol. The summed E-state index contributed by atoms with van der Waals surface area (Å²) in [6.07, 6.45) is 0.734. The van der Waals surface area contributed by atoms with E-state index < -0.39 is 21.8 Å². The summed E-state index contributed by atoms with van der Waals surface area (Å²) in [5.41, 5.74) is 0.345. The van der Waals surface area contributed by atoms with Crippen molar-refractivity contribution in [3.63, 3.8) is 0 Å². The van der Waals surface area contributed by atoms with Crippen molar-refractivity contribution in [2.45, 2.75) is 25.2 Å². The van der Waals surface area contributed by atoms with Gasteiger partial charge < -0.3 is 10.1 Å². The zero-order valence-corrected chi connectivity index (χ0v) is 19.6. The van der Waals surface area contributed by atoms with Gasteiger partial charge in [0.25, 0.3) is 0 Å². The van der Waals surface area contributed by atoms with Crippen LogP contribution in [0.2, 0.25) is 0 Å². The highest BCUT2D eigenvalue weighted by atomic mass is 32.2. The third-order valence-corrected chi connectivity index (χ3v) is 8.14. The molecule has 0 saturated carbocycles. The molecule has 1 aromatic heterocycles. The van der Waals surface area contributed by atoms with Crippen LogP contribution in [0, 0.1) is 5.82 Å². The predicted octanol–water partition coefficient (Wildman–Crippen LogP) is 2.57. The summed E-state index contributed by atoms with van der Waals surface area (Å²) in [4.78, 5) is 27.6. The quantitative estimate of drug-likeness (QED) is 0.580. The number of benzene rings is 1. The molecule has 32 heavy (non-hydrogen) atoms. The van der Waals surface area contributed by atoms with Gasteiger partial charge in [-0.25, -0.2) is 17.6 Å². The Morgan fingerprint density at radius 2 is 1.78 bits per heavy atom. The normalized spacial score (nSPS) is 15.5. The number of anilines is 1. The molecule has 0 unspecified atom stereocenters. The van der Waals surface area contributed by atoms with E-state index in [1.54, 1.807) is 13.0 Å². The van der Waals surface area contributed by atoms with E-state index >= 15 is 0 Å². The third-order valence-electron chi connectivity index (χ3n) is 5.03. The molecule has 1 aromatic carbocycles. The summed E-state index contributed by atoms with van der Waals surface area (Å²) in [6.45, 7) is 5.21. The molecule has 1 fully saturated rings. The van der Waals surface area contributed by atoms with Crippen molar-refractivity contribution in [2.24, 2.45) is 0 Å². The number of carbonyl (C=O) groups is 2. The Hall–Kier alpha value is -2.34. The highest BCUT2D eigenvalue weighted by Gasteiger charge is 2.29. The van der Waals surface area contributed by atoms with Crippen LogP contribution in [0.25, 0.3) is 0 Å². The number of amides is 1. The molecule has 1 aliphatic heterocycles. The van der Waals surface area contributed by atoms with E-state index in [0.717, 1.165) is 23.4 Å². The lowest BCUT2D eigenvalue weighted by Gasteiger charge is -2.33. The number of sulfonamides is 1. The summed E-state index contributed by atoms with van der Waals surface area (Å²) in [5.74, 6) is -1.25. The topological polar surface area (TPSA) is 96.0 Å². The van der Waals surface area contributed by atoms with Gasteiger partial charge in [0, 0.05) is 31.1 Å². The molecular formula is C21H26FN3O5S2. The number of nitrogens with zero attached hydrogens (tertiary/aromatic N) is 2. The van der Waals surface area contributed by atoms with Crippen LogP contribution >= 0.6 is 11.3 Å². The van der Waals surface area contributed by atoms with Crippen LogP contribution in [0.3, 0.4) is 0 Å². The Morgan fingerprint density at radius 1 is 1.12 bits per heavy atom. The number of hydrogen-bond acceptors (Lipinski definition) is 7. The first-order valence-electron chi connectivity index (χ1n) is 10.3. The molecule has 1 N–H and O–H groups in total. The van der Waals surface area contributed by atoms with Gasteiger partial charge in [-0.2, -0.15) is 4.31 Å². The molecule has 0 spiro atoms. The Kier molecular flexibility index (Phi) is 7.99. The van der Waals surface area contributed by atoms with Crippen molar-refractivity contribution in [2.75, 3.05) is 44.6 Å². The van der Waals surface area contributed by atoms with E-state index in [-0.39, 0.29) is 37.0 Å². The minimum absolute atomic E-state index is 0.0426. The molecule has 2 heterocycles. The van der Waals surface area contributed by atoms with E-state index in [1.165, 1.54) is 27.8 Å². The number of halogens is 1. The van der Waals surface area contributed by atoms with Crippen LogP contribution < -0.4 is 5.32 Å². The fourth-order valence-corrected chi connectivity index (χ4v) is 5.75. The Labute approximate surface area is 191 Å². The zero-order chi connectivity index (χ0) is 23.3. The maximum absolute atomic E-state index is 13.1. The molecule has 0 bridgehead atoms. The van der Waals surface area contributed by atoms with Gasteiger partial charge in [-0.1, -0.05) is 6.92 Å². The fraction of sp³-hybridized carbons (Fsp3) is 0.429. The number of nitrogens with one attached hydrogen (secondary N) is 1. The zero-order valence-electron chi connectivity index (χ0n) is 18.0. The van der Waals surface area contributed by atoms with E-state index in [9.17, 15) is 22.4 Å². The molecule has 3 rings (SSSR count). The van der Waals surface area contributed by atoms with Gasteiger partial charge in [-0.05, 0) is 43.7 Å². The first-order valence-corrected chi connectivity index (χ1v) is 12.6. The smallest absolute Gasteiger partial charge is 0.341 e. The second kappa shape index (κ2) is 10.5. The SMILES string of the molecule is CCOC(=O)c1cc(CC)sc1NC(=O)CN1CCN(S(=O)(=O)c2ccc(F)cc2)CC1. The highest BCUT2D eigenvalue weighted by molar-refractivity contribution is 7.89. The second-order valence-electron chi connectivity index (χ2n) is 7.21. The number of piperazine rings is 1. The largest absolute Gasteiger partial charge is 0.462 e. The average molecular weight is 484 g/mol. The Morgan fingerprint density at radius 3 is 2.38 bits per heavy atom. The Balaban J connectivity index is 1.58. The minimum atomic E-state index is -3.71. The molecule has 1 saturated heterocycles. The van der Waals surface area contributed by atoms with Gasteiger partial charge >= 0.3 is 5.97 Å². The van der Waals surface area contributed by atoms with Crippen LogP contribution in [0.15, 0.2) is 35.2 Å². The number of esters is 1. The van der Waals surface area contributed by atoms with E-state index in [2.05, 4.69) is 5.32 Å². The monoisotopic (exact) mass is 483 g/mol. The lowest BCUT2D eigenvalue weighted by atomic mass is 10.2. The lowest BCUT2D eigenvalue weighted by molar-refractivity contribution is -0.117. The second-order valence-corrected chi connectivity index (χ2v) is 10.3. The molecule has 0 atom stereocenters. The molecule has 0 radical (unpaired) electrons. The summed E-state index contributed by atoms with van der Waals surface area (Å²) < 4.78 is 44.9. The predicted molar refractivity (Wildman–Crippen MR) is 120 cm³/mol. The van der Waals surface area contributed by atoms with E-state index in [1.807, 2.05) is 11.8 Å². The number of hydrogen-bond donors (Lipinski definition) is 1. The van der Waals surface area contributed by atoms with Gasteiger partial charge in [0.05, 0.1) is 23.6 Å². The van der Waals surface area contributed by atoms with Gasteiger partial charge in [0.2, 0.25) is 15.9 Å². The van der Waals surface area contributed by atoms with Crippen molar-refractivity contribution in [3.8, 4) is 0 Å². The minimum Gasteiger partial charge on any atom is -0.462 e. The number of rotatable bonds is 8. The average Bonchev–Trinajstić information content (AvgIpc) is 3.17. The van der Waals surface area contributed by atoms with Crippen molar-refractivity contribution in [3.05, 3.63) is 46.6 Å². The number of ether oxygens (including phenoxy) is 1. The van der Waals surface area contributed by atoms with Crippen LogP contribution in [-0.4, -0.2) is 68.8 Å². The van der Waals surface area contributed by atoms with Crippen molar-refractivity contribution >= 4 is 38.2 Å². The first-order chi connectivity index (χ1) is 15.2. The molecule has 11 heteroatoms. The van der Waals surface area contributed by atoms with Gasteiger partial charge in [0.15, 0.2) is 0 Å². The Bertz CT molecular complexity index is 1060. The van der Waals surface area contributed by atoms with Crippen molar-refractivity contribution < 1.29 is 27.1 Å². The van der Waals surface area contributed by atoms with Crippen LogP contribution in [0.1, 0.15) is 29.1 Å². The van der Waals surface area contributed by atoms with Gasteiger partial charge in [-0.3, -0.25) is 9.69 Å². The maximum atomic E-state index is 13.1. The van der Waals surface area contributed by atoms with Gasteiger partial charge in [-0.15, -0.1) is 11.3 Å². The van der Waals surface area contributed by atoms with E-state index in [4.69, 9.17) is 4.74 Å². The summed E-state index contributed by atoms with van der Waals surface area (Å²) in [5, 5.41) is 3.26. The maximum Gasteiger partial charge on any atom is 0.341 e. The number of aryl methyl sites for hydroxylation is 1. The fourth-order valence-electron chi connectivity index (χ4n) is 3.32. The molecule has 8 nitrogen and oxygen atoms in total. The summed E-state index contributed by atoms with van der Waals surface area (Å²) >= 11 is 1.34. The summed E-state index contributed by atoms with van der Waals surface area (Å²) in [7, 11) is -3.71. The first kappa shape index (κ1) is 24.3. The lowest BCUT2D eigenvalue weighted by Crippen LogP contribution is -2.50. The van der Waals surface area contributed by atoms with Crippen LogP contribution in [-0.2, 0) is 26.0 Å². The molecule has 174 valence electrons. The van der Waals surface area contributed by atoms with Gasteiger partial charge in [0.1, 0.15) is 10.8 Å². The van der Waals surface area contributed by atoms with E-state index in [0.29, 0.717) is 23.7 Å². The van der Waals surface area contributed by atoms with Crippen molar-refractivity contribution in [1.82, 2.24) is 9.21 Å². The van der Waals surface area contributed by atoms with Crippen molar-refractivity contribution in [1.29, 1.82) is 0 Å².